The van der Waals surface area contributed by atoms with E-state index >= 15 is 0 Å². The maximum Gasteiger partial charge on any atom is 0.167 e. The predicted octanol–water partition coefficient (Wildman–Crippen LogP) is 2.51. The van der Waals surface area contributed by atoms with E-state index in [4.69, 9.17) is 4.74 Å². The van der Waals surface area contributed by atoms with E-state index in [9.17, 15) is 9.90 Å². The molecule has 0 heterocycles. The Morgan fingerprint density at radius 3 is 2.50 bits per heavy atom. The third kappa shape index (κ3) is 2.14. The second-order valence-corrected chi connectivity index (χ2v) is 3.66. The minimum Gasteiger partial charge on any atom is -0.504 e. The van der Waals surface area contributed by atoms with Gasteiger partial charge in [0.25, 0.3) is 0 Å². The number of phenols is 1. The molecule has 1 N–H and O–H groups in total. The van der Waals surface area contributed by atoms with Gasteiger partial charge in [-0.15, -0.1) is 0 Å². The first kappa shape index (κ1) is 10.5. The number of aromatic hydroxyl groups is 1. The highest BCUT2D eigenvalue weighted by atomic mass is 16.5. The van der Waals surface area contributed by atoms with Gasteiger partial charge in [-0.05, 0) is 29.8 Å². The number of benzene rings is 2. The van der Waals surface area contributed by atoms with E-state index in [1.807, 2.05) is 24.3 Å². The van der Waals surface area contributed by atoms with Gasteiger partial charge in [0.05, 0.1) is 0 Å². The van der Waals surface area contributed by atoms with Crippen LogP contribution in [0.2, 0.25) is 0 Å². The fourth-order valence-corrected chi connectivity index (χ4v) is 1.50. The number of carbonyl (C=O) groups excluding carboxylic acids is 1. The molecule has 2 rings (SSSR count). The van der Waals surface area contributed by atoms with E-state index in [1.165, 1.54) is 6.92 Å². The quantitative estimate of drug-likeness (QED) is 0.857. The molecule has 3 nitrogen and oxygen atoms in total. The molecule has 2 aromatic carbocycles. The van der Waals surface area contributed by atoms with E-state index < -0.39 is 0 Å². The Kier molecular flexibility index (Phi) is 2.77. The molecule has 0 saturated carbocycles. The lowest BCUT2D eigenvalue weighted by molar-refractivity contribution is -0.118. The van der Waals surface area contributed by atoms with Crippen LogP contribution >= 0.6 is 0 Å². The highest BCUT2D eigenvalue weighted by Crippen LogP contribution is 2.31. The number of phenolic OH excluding ortho intramolecular Hbond substituents is 1. The molecule has 0 saturated heterocycles. The molecule has 0 aromatic heterocycles. The summed E-state index contributed by atoms with van der Waals surface area (Å²) in [5, 5.41) is 11.6. The number of hydrogen-bond acceptors (Lipinski definition) is 3. The molecular formula is C13H12O3. The molecule has 82 valence electrons. The maximum atomic E-state index is 10.8. The molecule has 0 radical (unpaired) electrons. The second kappa shape index (κ2) is 4.23. The van der Waals surface area contributed by atoms with Crippen LogP contribution in [0, 0.1) is 0 Å². The minimum absolute atomic E-state index is 0.0219. The molecule has 0 bridgehead atoms. The summed E-state index contributed by atoms with van der Waals surface area (Å²) in [6, 6.07) is 11.0. The molecule has 0 aliphatic carbocycles. The summed E-state index contributed by atoms with van der Waals surface area (Å²) < 4.78 is 5.21. The molecule has 2 aromatic rings. The van der Waals surface area contributed by atoms with Gasteiger partial charge in [0.1, 0.15) is 6.61 Å². The van der Waals surface area contributed by atoms with E-state index in [-0.39, 0.29) is 18.1 Å². The molecule has 3 heteroatoms. The molecule has 16 heavy (non-hydrogen) atoms. The van der Waals surface area contributed by atoms with Crippen molar-refractivity contribution < 1.29 is 14.6 Å². The van der Waals surface area contributed by atoms with Crippen LogP contribution in [0.3, 0.4) is 0 Å². The summed E-state index contributed by atoms with van der Waals surface area (Å²) in [4.78, 5) is 10.8. The largest absolute Gasteiger partial charge is 0.504 e. The summed E-state index contributed by atoms with van der Waals surface area (Å²) in [6.07, 6.45) is 0. The van der Waals surface area contributed by atoms with Crippen LogP contribution in [-0.4, -0.2) is 17.5 Å². The fraction of sp³-hybridized carbons (Fsp3) is 0.154. The van der Waals surface area contributed by atoms with Crippen molar-refractivity contribution >= 4 is 16.6 Å². The Hall–Kier alpha value is -2.03. The average molecular weight is 216 g/mol. The third-order valence-electron chi connectivity index (χ3n) is 2.26. The van der Waals surface area contributed by atoms with Crippen molar-refractivity contribution in [2.24, 2.45) is 0 Å². The summed E-state index contributed by atoms with van der Waals surface area (Å²) in [5.41, 5.74) is 0. The van der Waals surface area contributed by atoms with Gasteiger partial charge in [-0.2, -0.15) is 0 Å². The third-order valence-corrected chi connectivity index (χ3v) is 2.26. The van der Waals surface area contributed by atoms with Crippen molar-refractivity contribution in [1.82, 2.24) is 0 Å². The SMILES string of the molecule is CC(=O)COc1cc2ccccc2cc1O. The Bertz CT molecular complexity index is 532. The zero-order chi connectivity index (χ0) is 11.5. The maximum absolute atomic E-state index is 10.8. The monoisotopic (exact) mass is 216 g/mol. The van der Waals surface area contributed by atoms with E-state index in [1.54, 1.807) is 12.1 Å². The number of rotatable bonds is 3. The van der Waals surface area contributed by atoms with Crippen LogP contribution in [0.15, 0.2) is 36.4 Å². The van der Waals surface area contributed by atoms with Crippen molar-refractivity contribution in [2.75, 3.05) is 6.61 Å². The van der Waals surface area contributed by atoms with Gasteiger partial charge in [0, 0.05) is 0 Å². The lowest BCUT2D eigenvalue weighted by atomic mass is 10.1. The van der Waals surface area contributed by atoms with Gasteiger partial charge in [0.2, 0.25) is 0 Å². The zero-order valence-electron chi connectivity index (χ0n) is 8.93. The second-order valence-electron chi connectivity index (χ2n) is 3.66. The van der Waals surface area contributed by atoms with Gasteiger partial charge in [-0.3, -0.25) is 4.79 Å². The normalized spacial score (nSPS) is 10.3. The van der Waals surface area contributed by atoms with Crippen LogP contribution in [0.1, 0.15) is 6.92 Å². The number of fused-ring (bicyclic) bond motifs is 1. The Labute approximate surface area is 93.3 Å². The summed E-state index contributed by atoms with van der Waals surface area (Å²) in [6.45, 7) is 1.42. The highest BCUT2D eigenvalue weighted by Gasteiger charge is 2.05. The molecule has 0 fully saturated rings. The van der Waals surface area contributed by atoms with Gasteiger partial charge in [-0.25, -0.2) is 0 Å². The lowest BCUT2D eigenvalue weighted by Crippen LogP contribution is -2.06. The zero-order valence-corrected chi connectivity index (χ0v) is 8.93. The van der Waals surface area contributed by atoms with Crippen molar-refractivity contribution in [1.29, 1.82) is 0 Å². The van der Waals surface area contributed by atoms with Crippen LogP contribution in [-0.2, 0) is 4.79 Å². The first-order valence-electron chi connectivity index (χ1n) is 5.01. The average Bonchev–Trinajstić information content (AvgIpc) is 2.26. The topological polar surface area (TPSA) is 46.5 Å². The van der Waals surface area contributed by atoms with Crippen LogP contribution in [0.25, 0.3) is 10.8 Å². The Morgan fingerprint density at radius 1 is 1.25 bits per heavy atom. The van der Waals surface area contributed by atoms with Crippen LogP contribution in [0.5, 0.6) is 11.5 Å². The van der Waals surface area contributed by atoms with Gasteiger partial charge in [-0.1, -0.05) is 24.3 Å². The number of Topliss-reactive ketones (excluding diaryl/α,β-unsaturated/α-hetero) is 1. The van der Waals surface area contributed by atoms with Gasteiger partial charge in [0.15, 0.2) is 17.3 Å². The van der Waals surface area contributed by atoms with Crippen LogP contribution in [0.4, 0.5) is 0 Å². The molecule has 0 amide bonds. The number of carbonyl (C=O) groups is 1. The van der Waals surface area contributed by atoms with Crippen molar-refractivity contribution in [3.8, 4) is 11.5 Å². The van der Waals surface area contributed by atoms with Gasteiger partial charge >= 0.3 is 0 Å². The van der Waals surface area contributed by atoms with E-state index in [0.717, 1.165) is 10.8 Å². The molecule has 0 aliphatic heterocycles. The van der Waals surface area contributed by atoms with E-state index in [2.05, 4.69) is 0 Å². The van der Waals surface area contributed by atoms with E-state index in [0.29, 0.717) is 5.75 Å². The molecular weight excluding hydrogens is 204 g/mol. The van der Waals surface area contributed by atoms with Crippen LogP contribution < -0.4 is 4.74 Å². The molecule has 0 spiro atoms. The minimum atomic E-state index is -0.0763. The standard InChI is InChI=1S/C13H12O3/c1-9(14)8-16-13-7-11-5-3-2-4-10(11)6-12(13)15/h2-7,15H,8H2,1H3. The lowest BCUT2D eigenvalue weighted by Gasteiger charge is -2.07. The summed E-state index contributed by atoms with van der Waals surface area (Å²) in [7, 11) is 0. The Morgan fingerprint density at radius 2 is 1.88 bits per heavy atom. The summed E-state index contributed by atoms with van der Waals surface area (Å²) >= 11 is 0. The van der Waals surface area contributed by atoms with Gasteiger partial charge < -0.3 is 9.84 Å². The first-order chi connectivity index (χ1) is 7.66. The predicted molar refractivity (Wildman–Crippen MR) is 61.8 cm³/mol. The summed E-state index contributed by atoms with van der Waals surface area (Å²) in [5.74, 6) is 0.321. The smallest absolute Gasteiger partial charge is 0.167 e. The number of ketones is 1. The molecule has 0 atom stereocenters. The van der Waals surface area contributed by atoms with Crippen molar-refractivity contribution in [3.63, 3.8) is 0 Å². The number of ether oxygens (including phenoxy) is 1. The molecule has 0 aliphatic rings. The first-order valence-corrected chi connectivity index (χ1v) is 5.01. The fourth-order valence-electron chi connectivity index (χ4n) is 1.50. The van der Waals surface area contributed by atoms with Crippen molar-refractivity contribution in [3.05, 3.63) is 36.4 Å². The molecule has 0 unspecified atom stereocenters. The van der Waals surface area contributed by atoms with Crippen molar-refractivity contribution in [2.45, 2.75) is 6.92 Å². The Balaban J connectivity index is 2.38. The highest BCUT2D eigenvalue weighted by molar-refractivity contribution is 5.86. The number of hydrogen-bond donors (Lipinski definition) is 1.